The number of aliphatic hydroxyl groups excluding tert-OH is 1. The zero-order valence-corrected chi connectivity index (χ0v) is 17.1. The number of likely N-dealkylation sites (tertiary alicyclic amines) is 1. The van der Waals surface area contributed by atoms with Gasteiger partial charge in [0.2, 0.25) is 0 Å². The summed E-state index contributed by atoms with van der Waals surface area (Å²) in [6.45, 7) is 3.60. The molecule has 1 aromatic carbocycles. The normalized spacial score (nSPS) is 26.6. The molecule has 3 aromatic rings. The van der Waals surface area contributed by atoms with Gasteiger partial charge in [-0.1, -0.05) is 6.07 Å². The average molecular weight is 409 g/mol. The molecule has 0 amide bonds. The Bertz CT molecular complexity index is 960. The number of hydrogen-bond acceptors (Lipinski definition) is 7. The summed E-state index contributed by atoms with van der Waals surface area (Å²) in [5.41, 5.74) is 2.36. The van der Waals surface area contributed by atoms with Crippen LogP contribution in [0.25, 0.3) is 0 Å². The summed E-state index contributed by atoms with van der Waals surface area (Å²) in [6, 6.07) is 6.41. The monoisotopic (exact) mass is 409 g/mol. The molecule has 0 unspecified atom stereocenters. The Hall–Kier alpha value is -2.78. The molecule has 158 valence electrons. The van der Waals surface area contributed by atoms with Gasteiger partial charge in [-0.05, 0) is 42.4 Å². The minimum Gasteiger partial charge on any atom is -0.496 e. The number of fused-ring (bicyclic) bond motifs is 1. The average Bonchev–Trinajstić information content (AvgIpc) is 3.49. The van der Waals surface area contributed by atoms with Gasteiger partial charge in [0, 0.05) is 25.2 Å². The maximum atomic E-state index is 10.6. The topological polar surface area (TPSA) is 94.1 Å². The lowest BCUT2D eigenvalue weighted by Gasteiger charge is -2.35. The number of benzene rings is 1. The quantitative estimate of drug-likeness (QED) is 0.657. The van der Waals surface area contributed by atoms with Gasteiger partial charge in [-0.2, -0.15) is 10.2 Å². The molecule has 1 saturated carbocycles. The van der Waals surface area contributed by atoms with Gasteiger partial charge in [0.25, 0.3) is 0 Å². The number of aromatic nitrogens is 6. The van der Waals surface area contributed by atoms with E-state index in [0.717, 1.165) is 43.8 Å². The number of hydrogen-bond donors (Lipinski definition) is 1. The van der Waals surface area contributed by atoms with Gasteiger partial charge in [-0.25, -0.2) is 19.3 Å². The Morgan fingerprint density at radius 3 is 2.57 bits per heavy atom. The molecule has 1 N–H and O–H groups in total. The van der Waals surface area contributed by atoms with Crippen LogP contribution in [0.1, 0.15) is 30.0 Å². The molecule has 5 rings (SSSR count). The van der Waals surface area contributed by atoms with E-state index in [1.54, 1.807) is 37.1 Å². The van der Waals surface area contributed by atoms with Crippen LogP contribution >= 0.6 is 0 Å². The van der Waals surface area contributed by atoms with E-state index in [9.17, 15) is 5.11 Å². The van der Waals surface area contributed by atoms with Crippen LogP contribution in [0.2, 0.25) is 0 Å². The summed E-state index contributed by atoms with van der Waals surface area (Å²) in [7, 11) is 1.70. The number of ether oxygens (including phenoxy) is 1. The number of methoxy groups -OCH3 is 1. The smallest absolute Gasteiger partial charge is 0.137 e. The van der Waals surface area contributed by atoms with Crippen molar-refractivity contribution in [3.05, 3.63) is 54.6 Å². The summed E-state index contributed by atoms with van der Waals surface area (Å²) in [4.78, 5) is 10.6. The summed E-state index contributed by atoms with van der Waals surface area (Å²) in [5.74, 6) is 1.98. The third-order valence-corrected chi connectivity index (χ3v) is 6.51. The summed E-state index contributed by atoms with van der Waals surface area (Å²) >= 11 is 0. The van der Waals surface area contributed by atoms with E-state index in [1.165, 1.54) is 5.56 Å². The van der Waals surface area contributed by atoms with Crippen molar-refractivity contribution < 1.29 is 9.84 Å². The summed E-state index contributed by atoms with van der Waals surface area (Å²) in [6.07, 6.45) is 7.94. The second-order valence-electron chi connectivity index (χ2n) is 8.44. The predicted molar refractivity (Wildman–Crippen MR) is 109 cm³/mol. The highest BCUT2D eigenvalue weighted by Crippen LogP contribution is 2.41. The molecule has 2 aliphatic rings. The molecule has 0 radical (unpaired) electrons. The van der Waals surface area contributed by atoms with E-state index in [0.29, 0.717) is 18.4 Å². The highest BCUT2D eigenvalue weighted by atomic mass is 16.5. The van der Waals surface area contributed by atoms with E-state index in [-0.39, 0.29) is 12.1 Å². The number of aliphatic hydroxyl groups is 1. The molecule has 3 heterocycles. The maximum absolute atomic E-state index is 10.6. The first-order chi connectivity index (χ1) is 14.7. The van der Waals surface area contributed by atoms with Crippen molar-refractivity contribution in [1.82, 2.24) is 34.4 Å². The molecule has 9 heteroatoms. The lowest BCUT2D eigenvalue weighted by atomic mass is 9.77. The van der Waals surface area contributed by atoms with Crippen molar-refractivity contribution in [2.24, 2.45) is 11.8 Å². The van der Waals surface area contributed by atoms with Crippen LogP contribution in [-0.2, 0) is 13.1 Å². The second-order valence-corrected chi connectivity index (χ2v) is 8.44. The minimum absolute atomic E-state index is 0.0315. The van der Waals surface area contributed by atoms with Crippen LogP contribution < -0.4 is 4.74 Å². The first-order valence-electron chi connectivity index (χ1n) is 10.4. The molecule has 1 aliphatic carbocycles. The minimum atomic E-state index is -0.358. The molecule has 30 heavy (non-hydrogen) atoms. The summed E-state index contributed by atoms with van der Waals surface area (Å²) < 4.78 is 9.17. The van der Waals surface area contributed by atoms with Gasteiger partial charge in [0.15, 0.2) is 0 Å². The van der Waals surface area contributed by atoms with Crippen molar-refractivity contribution in [1.29, 1.82) is 0 Å². The maximum Gasteiger partial charge on any atom is 0.137 e. The second kappa shape index (κ2) is 8.16. The van der Waals surface area contributed by atoms with Gasteiger partial charge in [-0.15, -0.1) is 0 Å². The number of nitrogens with zero attached hydrogens (tertiary/aromatic N) is 7. The highest BCUT2D eigenvalue weighted by molar-refractivity contribution is 5.37. The zero-order chi connectivity index (χ0) is 20.5. The highest BCUT2D eigenvalue weighted by Gasteiger charge is 2.42. The first kappa shape index (κ1) is 19.2. The Balaban J connectivity index is 1.27. The summed E-state index contributed by atoms with van der Waals surface area (Å²) in [5, 5.41) is 19.1. The fourth-order valence-electron chi connectivity index (χ4n) is 5.11. The Morgan fingerprint density at radius 2 is 1.83 bits per heavy atom. The van der Waals surface area contributed by atoms with Crippen molar-refractivity contribution in [2.75, 3.05) is 20.2 Å². The van der Waals surface area contributed by atoms with Crippen LogP contribution in [0.5, 0.6) is 5.75 Å². The first-order valence-corrected chi connectivity index (χ1v) is 10.4. The largest absolute Gasteiger partial charge is 0.496 e. The van der Waals surface area contributed by atoms with Crippen LogP contribution in [0.4, 0.5) is 0 Å². The lowest BCUT2D eigenvalue weighted by Crippen LogP contribution is -2.36. The van der Waals surface area contributed by atoms with E-state index in [2.05, 4.69) is 37.2 Å². The lowest BCUT2D eigenvalue weighted by molar-refractivity contribution is 0.0304. The van der Waals surface area contributed by atoms with Crippen LogP contribution in [-0.4, -0.2) is 65.8 Å². The van der Waals surface area contributed by atoms with Crippen LogP contribution in [0, 0.1) is 11.8 Å². The Kier molecular flexibility index (Phi) is 5.22. The molecule has 9 nitrogen and oxygen atoms in total. The van der Waals surface area contributed by atoms with Crippen molar-refractivity contribution >= 4 is 0 Å². The molecular formula is C21H27N7O2. The molecule has 4 atom stereocenters. The van der Waals surface area contributed by atoms with Crippen molar-refractivity contribution in [3.63, 3.8) is 0 Å². The molecule has 2 fully saturated rings. The fourth-order valence-corrected chi connectivity index (χ4v) is 5.11. The van der Waals surface area contributed by atoms with Crippen LogP contribution in [0.15, 0.2) is 43.5 Å². The van der Waals surface area contributed by atoms with Gasteiger partial charge >= 0.3 is 0 Å². The third kappa shape index (κ3) is 3.82. The molecule has 2 aromatic heterocycles. The molecule has 1 saturated heterocycles. The van der Waals surface area contributed by atoms with E-state index < -0.39 is 0 Å². The van der Waals surface area contributed by atoms with Gasteiger partial charge in [0.05, 0.1) is 25.8 Å². The molecule has 0 spiro atoms. The Morgan fingerprint density at radius 1 is 1.03 bits per heavy atom. The predicted octanol–water partition coefficient (Wildman–Crippen LogP) is 1.37. The molecule has 0 bridgehead atoms. The van der Waals surface area contributed by atoms with E-state index >= 15 is 0 Å². The van der Waals surface area contributed by atoms with Crippen molar-refractivity contribution in [2.45, 2.75) is 38.1 Å². The standard InChI is InChI=1S/C21H27N7O2/c1-30-21-3-2-15(4-18(21)10-27-13-22-11-24-27)7-26-8-16-5-19(28-14-23-12-25-28)20(29)6-17(16)9-26/h2-4,11-14,16-17,19-20,29H,5-10H2,1H3/t16-,17+,19-,20-/m1/s1. The molecule has 1 aliphatic heterocycles. The van der Waals surface area contributed by atoms with Crippen molar-refractivity contribution in [3.8, 4) is 5.75 Å². The fraction of sp³-hybridized carbons (Fsp3) is 0.524. The molecular weight excluding hydrogens is 382 g/mol. The van der Waals surface area contributed by atoms with E-state index in [1.807, 2.05) is 10.7 Å². The van der Waals surface area contributed by atoms with Gasteiger partial charge in [-0.3, -0.25) is 4.90 Å². The zero-order valence-electron chi connectivity index (χ0n) is 17.1. The number of rotatable bonds is 6. The van der Waals surface area contributed by atoms with Gasteiger partial charge < -0.3 is 9.84 Å². The SMILES string of the molecule is COc1ccc(CN2C[C@H]3C[C@@H](n4cncn4)[C@H](O)C[C@H]3C2)cc1Cn1cncn1. The van der Waals surface area contributed by atoms with E-state index in [4.69, 9.17) is 4.74 Å². The third-order valence-electron chi connectivity index (χ3n) is 6.51. The Labute approximate surface area is 175 Å². The van der Waals surface area contributed by atoms with Crippen LogP contribution in [0.3, 0.4) is 0 Å². The van der Waals surface area contributed by atoms with Gasteiger partial charge in [0.1, 0.15) is 31.1 Å².